The van der Waals surface area contributed by atoms with Crippen LogP contribution in [0, 0.1) is 5.82 Å². The standard InChI is InChI=1S/C11H6Cl2FNO2/c1-17-11(16)6-4-15-9-3-8(14)7(12)2-5(9)10(6)13/h2-4H,1H3. The van der Waals surface area contributed by atoms with Gasteiger partial charge >= 0.3 is 5.97 Å². The Labute approximate surface area is 106 Å². The van der Waals surface area contributed by atoms with Gasteiger partial charge in [-0.2, -0.15) is 0 Å². The zero-order valence-electron chi connectivity index (χ0n) is 8.63. The summed E-state index contributed by atoms with van der Waals surface area (Å²) in [7, 11) is 1.24. The Kier molecular flexibility index (Phi) is 3.17. The van der Waals surface area contributed by atoms with Crippen molar-refractivity contribution in [2.45, 2.75) is 0 Å². The molecule has 0 saturated carbocycles. The topological polar surface area (TPSA) is 39.2 Å². The predicted octanol–water partition coefficient (Wildman–Crippen LogP) is 3.47. The molecule has 0 bridgehead atoms. The summed E-state index contributed by atoms with van der Waals surface area (Å²) in [4.78, 5) is 15.3. The molecule has 3 nitrogen and oxygen atoms in total. The van der Waals surface area contributed by atoms with Crippen LogP contribution in [0.5, 0.6) is 0 Å². The number of carbonyl (C=O) groups is 1. The molecule has 0 spiro atoms. The van der Waals surface area contributed by atoms with E-state index in [1.807, 2.05) is 0 Å². The summed E-state index contributed by atoms with van der Waals surface area (Å²) < 4.78 is 17.7. The number of hydrogen-bond acceptors (Lipinski definition) is 3. The average Bonchev–Trinajstić information content (AvgIpc) is 2.31. The van der Waals surface area contributed by atoms with E-state index < -0.39 is 11.8 Å². The van der Waals surface area contributed by atoms with Crippen molar-refractivity contribution in [2.24, 2.45) is 0 Å². The fourth-order valence-electron chi connectivity index (χ4n) is 1.41. The molecule has 6 heteroatoms. The molecule has 88 valence electrons. The fraction of sp³-hybridized carbons (Fsp3) is 0.0909. The van der Waals surface area contributed by atoms with Gasteiger partial charge in [0.2, 0.25) is 0 Å². The van der Waals surface area contributed by atoms with E-state index in [0.717, 1.165) is 6.07 Å². The van der Waals surface area contributed by atoms with Gasteiger partial charge in [-0.05, 0) is 6.07 Å². The van der Waals surface area contributed by atoms with E-state index in [0.29, 0.717) is 10.9 Å². The Morgan fingerprint density at radius 2 is 2.12 bits per heavy atom. The van der Waals surface area contributed by atoms with Crippen molar-refractivity contribution in [2.75, 3.05) is 7.11 Å². The van der Waals surface area contributed by atoms with Crippen molar-refractivity contribution in [1.29, 1.82) is 0 Å². The van der Waals surface area contributed by atoms with Crippen molar-refractivity contribution in [3.63, 3.8) is 0 Å². The minimum absolute atomic E-state index is 0.0804. The van der Waals surface area contributed by atoms with Crippen LogP contribution in [0.15, 0.2) is 18.3 Å². The Bertz CT molecular complexity index is 616. The van der Waals surface area contributed by atoms with E-state index >= 15 is 0 Å². The summed E-state index contributed by atoms with van der Waals surface area (Å²) in [5.74, 6) is -1.20. The molecule has 0 aliphatic rings. The molecule has 1 aromatic heterocycles. The molecular formula is C11H6Cl2FNO2. The molecule has 0 amide bonds. The van der Waals surface area contributed by atoms with E-state index in [-0.39, 0.29) is 15.6 Å². The number of aromatic nitrogens is 1. The smallest absolute Gasteiger partial charge is 0.340 e. The second kappa shape index (κ2) is 4.47. The van der Waals surface area contributed by atoms with Crippen LogP contribution < -0.4 is 0 Å². The number of methoxy groups -OCH3 is 1. The van der Waals surface area contributed by atoms with Crippen LogP contribution in [-0.4, -0.2) is 18.1 Å². The summed E-state index contributed by atoms with van der Waals surface area (Å²) in [5, 5.41) is 0.466. The first kappa shape index (κ1) is 12.1. The number of esters is 1. The number of pyridine rings is 1. The van der Waals surface area contributed by atoms with Crippen molar-refractivity contribution in [3.8, 4) is 0 Å². The molecule has 0 radical (unpaired) electrons. The van der Waals surface area contributed by atoms with Crippen molar-refractivity contribution in [3.05, 3.63) is 39.8 Å². The van der Waals surface area contributed by atoms with E-state index in [2.05, 4.69) is 9.72 Å². The molecule has 17 heavy (non-hydrogen) atoms. The predicted molar refractivity (Wildman–Crippen MR) is 63.1 cm³/mol. The summed E-state index contributed by atoms with van der Waals surface area (Å²) in [6, 6.07) is 2.48. The number of nitrogens with zero attached hydrogens (tertiary/aromatic N) is 1. The van der Waals surface area contributed by atoms with Gasteiger partial charge in [0.15, 0.2) is 0 Å². The van der Waals surface area contributed by atoms with E-state index in [9.17, 15) is 9.18 Å². The van der Waals surface area contributed by atoms with Crippen LogP contribution in [0.3, 0.4) is 0 Å². The quantitative estimate of drug-likeness (QED) is 0.747. The number of halogens is 3. The lowest BCUT2D eigenvalue weighted by Crippen LogP contribution is -2.03. The molecule has 0 unspecified atom stereocenters. The van der Waals surface area contributed by atoms with E-state index in [4.69, 9.17) is 23.2 Å². The van der Waals surface area contributed by atoms with Gasteiger partial charge in [-0.25, -0.2) is 9.18 Å². The van der Waals surface area contributed by atoms with Gasteiger partial charge in [0.25, 0.3) is 0 Å². The molecule has 1 aromatic carbocycles. The SMILES string of the molecule is COC(=O)c1cnc2cc(F)c(Cl)cc2c1Cl. The highest BCUT2D eigenvalue weighted by Gasteiger charge is 2.15. The number of rotatable bonds is 1. The van der Waals surface area contributed by atoms with Crippen molar-refractivity contribution < 1.29 is 13.9 Å². The molecule has 0 fully saturated rings. The van der Waals surface area contributed by atoms with Crippen LogP contribution in [0.1, 0.15) is 10.4 Å². The van der Waals surface area contributed by atoms with Crippen LogP contribution in [0.25, 0.3) is 10.9 Å². The van der Waals surface area contributed by atoms with Gasteiger partial charge in [-0.1, -0.05) is 23.2 Å². The number of hydrogen-bond donors (Lipinski definition) is 0. The van der Waals surface area contributed by atoms with Gasteiger partial charge in [-0.15, -0.1) is 0 Å². The van der Waals surface area contributed by atoms with Gasteiger partial charge in [0.1, 0.15) is 5.82 Å². The third kappa shape index (κ3) is 2.06. The monoisotopic (exact) mass is 273 g/mol. The fourth-order valence-corrected chi connectivity index (χ4v) is 1.85. The summed E-state index contributed by atoms with van der Waals surface area (Å²) >= 11 is 11.7. The highest BCUT2D eigenvalue weighted by molar-refractivity contribution is 6.39. The van der Waals surface area contributed by atoms with Crippen LogP contribution in [0.2, 0.25) is 10.0 Å². The van der Waals surface area contributed by atoms with Crippen molar-refractivity contribution in [1.82, 2.24) is 4.98 Å². The van der Waals surface area contributed by atoms with Crippen molar-refractivity contribution >= 4 is 40.1 Å². The first-order chi connectivity index (χ1) is 8.04. The zero-order chi connectivity index (χ0) is 12.6. The minimum Gasteiger partial charge on any atom is -0.465 e. The second-order valence-electron chi connectivity index (χ2n) is 3.26. The lowest BCUT2D eigenvalue weighted by Gasteiger charge is -2.06. The first-order valence-electron chi connectivity index (χ1n) is 4.56. The third-order valence-electron chi connectivity index (χ3n) is 2.25. The third-order valence-corrected chi connectivity index (χ3v) is 2.95. The molecule has 0 saturated heterocycles. The Balaban J connectivity index is 2.75. The summed E-state index contributed by atoms with van der Waals surface area (Å²) in [5.41, 5.74) is 0.439. The Morgan fingerprint density at radius 3 is 2.76 bits per heavy atom. The number of ether oxygens (including phenoxy) is 1. The summed E-state index contributed by atoms with van der Waals surface area (Å²) in [6.45, 7) is 0. The largest absolute Gasteiger partial charge is 0.465 e. The molecule has 2 rings (SSSR count). The maximum atomic E-state index is 13.2. The lowest BCUT2D eigenvalue weighted by molar-refractivity contribution is 0.0600. The lowest BCUT2D eigenvalue weighted by atomic mass is 10.1. The summed E-state index contributed by atoms with van der Waals surface area (Å²) in [6.07, 6.45) is 1.24. The molecule has 0 atom stereocenters. The van der Waals surface area contributed by atoms with Crippen LogP contribution in [0.4, 0.5) is 4.39 Å². The van der Waals surface area contributed by atoms with E-state index in [1.54, 1.807) is 0 Å². The number of fused-ring (bicyclic) bond motifs is 1. The zero-order valence-corrected chi connectivity index (χ0v) is 10.1. The highest BCUT2D eigenvalue weighted by atomic mass is 35.5. The average molecular weight is 274 g/mol. The minimum atomic E-state index is -0.607. The maximum Gasteiger partial charge on any atom is 0.340 e. The van der Waals surface area contributed by atoms with E-state index in [1.165, 1.54) is 19.4 Å². The Morgan fingerprint density at radius 1 is 1.41 bits per heavy atom. The molecule has 1 heterocycles. The van der Waals surface area contributed by atoms with Gasteiger partial charge in [0.05, 0.1) is 28.2 Å². The molecule has 0 aliphatic carbocycles. The molecule has 2 aromatic rings. The number of benzene rings is 1. The second-order valence-corrected chi connectivity index (χ2v) is 4.05. The molecule has 0 aliphatic heterocycles. The molecular weight excluding hydrogens is 268 g/mol. The van der Waals surface area contributed by atoms with Gasteiger partial charge in [-0.3, -0.25) is 4.98 Å². The van der Waals surface area contributed by atoms with Gasteiger partial charge in [0, 0.05) is 17.6 Å². The molecule has 0 N–H and O–H groups in total. The Hall–Kier alpha value is -1.39. The van der Waals surface area contributed by atoms with Crippen LogP contribution >= 0.6 is 23.2 Å². The van der Waals surface area contributed by atoms with Crippen LogP contribution in [-0.2, 0) is 4.74 Å². The highest BCUT2D eigenvalue weighted by Crippen LogP contribution is 2.29. The first-order valence-corrected chi connectivity index (χ1v) is 5.31. The number of carbonyl (C=O) groups excluding carboxylic acids is 1. The normalized spacial score (nSPS) is 10.6. The maximum absolute atomic E-state index is 13.2. The van der Waals surface area contributed by atoms with Gasteiger partial charge < -0.3 is 4.74 Å².